The van der Waals surface area contributed by atoms with Crippen LogP contribution in [0.5, 0.6) is 0 Å². The van der Waals surface area contributed by atoms with Gasteiger partial charge in [-0.2, -0.15) is 0 Å². The SMILES string of the molecule is CCc1ccccc1NC(=O)CSc1nnc(-c2ccccc2C)n1CC. The topological polar surface area (TPSA) is 59.8 Å². The van der Waals surface area contributed by atoms with Crippen molar-refractivity contribution in [3.63, 3.8) is 0 Å². The van der Waals surface area contributed by atoms with E-state index in [1.165, 1.54) is 11.8 Å². The van der Waals surface area contributed by atoms with Gasteiger partial charge in [-0.25, -0.2) is 0 Å². The predicted octanol–water partition coefficient (Wildman–Crippen LogP) is 4.57. The van der Waals surface area contributed by atoms with E-state index in [0.717, 1.165) is 46.3 Å². The molecule has 0 fully saturated rings. The highest BCUT2D eigenvalue weighted by molar-refractivity contribution is 7.99. The van der Waals surface area contributed by atoms with Crippen LogP contribution in [0.3, 0.4) is 0 Å². The van der Waals surface area contributed by atoms with Crippen LogP contribution >= 0.6 is 11.8 Å². The molecule has 1 heterocycles. The highest BCUT2D eigenvalue weighted by Gasteiger charge is 2.16. The van der Waals surface area contributed by atoms with Gasteiger partial charge < -0.3 is 9.88 Å². The van der Waals surface area contributed by atoms with Gasteiger partial charge in [0.1, 0.15) is 0 Å². The summed E-state index contributed by atoms with van der Waals surface area (Å²) in [6.07, 6.45) is 0.882. The third kappa shape index (κ3) is 4.39. The smallest absolute Gasteiger partial charge is 0.234 e. The Bertz CT molecular complexity index is 935. The minimum Gasteiger partial charge on any atom is -0.325 e. The fraction of sp³-hybridized carbons (Fsp3) is 0.286. The molecule has 0 aliphatic heterocycles. The summed E-state index contributed by atoms with van der Waals surface area (Å²) in [7, 11) is 0. The molecule has 3 aromatic rings. The van der Waals surface area contributed by atoms with Gasteiger partial charge in [0.2, 0.25) is 5.91 Å². The van der Waals surface area contributed by atoms with Crippen LogP contribution in [0.4, 0.5) is 5.69 Å². The average Bonchev–Trinajstić information content (AvgIpc) is 3.10. The van der Waals surface area contributed by atoms with Crippen LogP contribution in [0.15, 0.2) is 53.7 Å². The van der Waals surface area contributed by atoms with E-state index >= 15 is 0 Å². The Morgan fingerprint density at radius 1 is 1.07 bits per heavy atom. The lowest BCUT2D eigenvalue weighted by Crippen LogP contribution is -2.15. The van der Waals surface area contributed by atoms with Gasteiger partial charge in [0, 0.05) is 17.8 Å². The van der Waals surface area contributed by atoms with E-state index in [9.17, 15) is 4.79 Å². The maximum Gasteiger partial charge on any atom is 0.234 e. The first-order chi connectivity index (χ1) is 13.1. The van der Waals surface area contributed by atoms with Crippen molar-refractivity contribution in [1.29, 1.82) is 0 Å². The minimum atomic E-state index is -0.0380. The van der Waals surface area contributed by atoms with E-state index in [2.05, 4.69) is 46.9 Å². The third-order valence-electron chi connectivity index (χ3n) is 4.42. The number of hydrogen-bond acceptors (Lipinski definition) is 4. The summed E-state index contributed by atoms with van der Waals surface area (Å²) in [6.45, 7) is 6.96. The fourth-order valence-corrected chi connectivity index (χ4v) is 3.77. The molecule has 5 nitrogen and oxygen atoms in total. The largest absolute Gasteiger partial charge is 0.325 e. The van der Waals surface area contributed by atoms with Gasteiger partial charge in [-0.15, -0.1) is 10.2 Å². The second kappa shape index (κ2) is 8.86. The van der Waals surface area contributed by atoms with Crippen molar-refractivity contribution >= 4 is 23.4 Å². The van der Waals surface area contributed by atoms with Gasteiger partial charge in [-0.05, 0) is 37.5 Å². The van der Waals surface area contributed by atoms with Crippen LogP contribution in [0.2, 0.25) is 0 Å². The average molecular weight is 381 g/mol. The van der Waals surface area contributed by atoms with Gasteiger partial charge in [0.25, 0.3) is 0 Å². The van der Waals surface area contributed by atoms with Crippen molar-refractivity contribution in [2.75, 3.05) is 11.1 Å². The lowest BCUT2D eigenvalue weighted by molar-refractivity contribution is -0.113. The minimum absolute atomic E-state index is 0.0380. The number of aryl methyl sites for hydroxylation is 2. The van der Waals surface area contributed by atoms with Gasteiger partial charge in [-0.3, -0.25) is 4.79 Å². The quantitative estimate of drug-likeness (QED) is 0.610. The maximum absolute atomic E-state index is 12.4. The zero-order chi connectivity index (χ0) is 19.2. The standard InChI is InChI=1S/C21H24N4OS/c1-4-16-11-7-9-13-18(16)22-19(26)14-27-21-24-23-20(25(21)5-2)17-12-8-6-10-15(17)3/h6-13H,4-5,14H2,1-3H3,(H,22,26). The van der Waals surface area contributed by atoms with Crippen molar-refractivity contribution in [3.8, 4) is 11.4 Å². The molecule has 0 atom stereocenters. The van der Waals surface area contributed by atoms with Gasteiger partial charge >= 0.3 is 0 Å². The molecule has 1 aromatic heterocycles. The van der Waals surface area contributed by atoms with Crippen molar-refractivity contribution in [2.45, 2.75) is 38.9 Å². The molecule has 3 rings (SSSR count). The number of carbonyl (C=O) groups excluding carboxylic acids is 1. The van der Waals surface area contributed by atoms with Crippen LogP contribution in [-0.4, -0.2) is 26.4 Å². The highest BCUT2D eigenvalue weighted by atomic mass is 32.2. The molecule has 0 aliphatic carbocycles. The van der Waals surface area contributed by atoms with Gasteiger partial charge in [-0.1, -0.05) is 61.2 Å². The normalized spacial score (nSPS) is 10.8. The van der Waals surface area contributed by atoms with E-state index in [4.69, 9.17) is 0 Å². The van der Waals surface area contributed by atoms with Crippen molar-refractivity contribution in [3.05, 3.63) is 59.7 Å². The lowest BCUT2D eigenvalue weighted by Gasteiger charge is -2.10. The molecule has 27 heavy (non-hydrogen) atoms. The molecule has 1 N–H and O–H groups in total. The number of carbonyl (C=O) groups is 1. The molecule has 140 valence electrons. The first-order valence-electron chi connectivity index (χ1n) is 9.13. The number of rotatable bonds is 7. The molecular weight excluding hydrogens is 356 g/mol. The Hall–Kier alpha value is -2.60. The molecule has 1 amide bonds. The number of benzene rings is 2. The number of nitrogens with one attached hydrogen (secondary N) is 1. The molecule has 0 saturated heterocycles. The lowest BCUT2D eigenvalue weighted by atomic mass is 10.1. The van der Waals surface area contributed by atoms with Crippen LogP contribution in [0.1, 0.15) is 25.0 Å². The molecule has 0 unspecified atom stereocenters. The molecule has 0 radical (unpaired) electrons. The second-order valence-electron chi connectivity index (χ2n) is 6.21. The monoisotopic (exact) mass is 380 g/mol. The summed E-state index contributed by atoms with van der Waals surface area (Å²) in [6, 6.07) is 16.0. The second-order valence-corrected chi connectivity index (χ2v) is 7.16. The number of anilines is 1. The molecular formula is C21H24N4OS. The van der Waals surface area contributed by atoms with E-state index in [1.807, 2.05) is 42.5 Å². The maximum atomic E-state index is 12.4. The molecule has 0 spiro atoms. The number of thioether (sulfide) groups is 1. The van der Waals surface area contributed by atoms with Crippen LogP contribution in [0.25, 0.3) is 11.4 Å². The summed E-state index contributed by atoms with van der Waals surface area (Å²) in [5.74, 6) is 1.10. The number of para-hydroxylation sites is 1. The molecule has 6 heteroatoms. The first kappa shape index (κ1) is 19.2. The van der Waals surface area contributed by atoms with Gasteiger partial charge in [0.05, 0.1) is 5.75 Å². The van der Waals surface area contributed by atoms with E-state index in [1.54, 1.807) is 0 Å². The Balaban J connectivity index is 1.71. The van der Waals surface area contributed by atoms with Gasteiger partial charge in [0.15, 0.2) is 11.0 Å². The highest BCUT2D eigenvalue weighted by Crippen LogP contribution is 2.26. The Kier molecular flexibility index (Phi) is 6.29. The van der Waals surface area contributed by atoms with Crippen molar-refractivity contribution in [1.82, 2.24) is 14.8 Å². The van der Waals surface area contributed by atoms with Crippen LogP contribution in [0, 0.1) is 6.92 Å². The molecule has 0 saturated carbocycles. The van der Waals surface area contributed by atoms with Crippen molar-refractivity contribution in [2.24, 2.45) is 0 Å². The molecule has 0 aliphatic rings. The zero-order valence-electron chi connectivity index (χ0n) is 15.9. The van der Waals surface area contributed by atoms with E-state index < -0.39 is 0 Å². The summed E-state index contributed by atoms with van der Waals surface area (Å²) in [4.78, 5) is 12.4. The number of aromatic nitrogens is 3. The first-order valence-corrected chi connectivity index (χ1v) is 10.1. The van der Waals surface area contributed by atoms with E-state index in [-0.39, 0.29) is 5.91 Å². The van der Waals surface area contributed by atoms with Crippen LogP contribution < -0.4 is 5.32 Å². The summed E-state index contributed by atoms with van der Waals surface area (Å²) in [5, 5.41) is 12.4. The molecule has 2 aromatic carbocycles. The van der Waals surface area contributed by atoms with Crippen molar-refractivity contribution < 1.29 is 4.79 Å². The zero-order valence-corrected chi connectivity index (χ0v) is 16.7. The summed E-state index contributed by atoms with van der Waals surface area (Å²) >= 11 is 1.41. The number of hydrogen-bond donors (Lipinski definition) is 1. The predicted molar refractivity (Wildman–Crippen MR) is 111 cm³/mol. The molecule has 0 bridgehead atoms. The summed E-state index contributed by atoms with van der Waals surface area (Å²) in [5.41, 5.74) is 4.24. The Morgan fingerprint density at radius 2 is 1.81 bits per heavy atom. The number of nitrogens with zero attached hydrogens (tertiary/aromatic N) is 3. The van der Waals surface area contributed by atoms with Crippen LogP contribution in [-0.2, 0) is 17.8 Å². The summed E-state index contributed by atoms with van der Waals surface area (Å²) < 4.78 is 2.06. The number of amides is 1. The van der Waals surface area contributed by atoms with E-state index in [0.29, 0.717) is 5.75 Å². The fourth-order valence-electron chi connectivity index (χ4n) is 2.97. The third-order valence-corrected chi connectivity index (χ3v) is 5.39. The Labute approximate surface area is 164 Å². The Morgan fingerprint density at radius 3 is 2.56 bits per heavy atom.